The Hall–Kier alpha value is -3.02. The van der Waals surface area contributed by atoms with Crippen LogP contribution in [0, 0.1) is 12.8 Å². The first-order valence-electron chi connectivity index (χ1n) is 12.4. The molecule has 0 amide bonds. The van der Waals surface area contributed by atoms with Crippen LogP contribution in [0.1, 0.15) is 72.3 Å². The van der Waals surface area contributed by atoms with Gasteiger partial charge in [0.1, 0.15) is 18.0 Å². The molecule has 5 heteroatoms. The van der Waals surface area contributed by atoms with Gasteiger partial charge < -0.3 is 14.9 Å². The van der Waals surface area contributed by atoms with E-state index in [1.54, 1.807) is 13.1 Å². The summed E-state index contributed by atoms with van der Waals surface area (Å²) in [7, 11) is 0. The highest BCUT2D eigenvalue weighted by molar-refractivity contribution is 6.00. The molecule has 1 fully saturated rings. The maximum atomic E-state index is 13.4. The summed E-state index contributed by atoms with van der Waals surface area (Å²) in [6, 6.07) is 19.0. The number of ether oxygens (including phenoxy) is 1. The fourth-order valence-electron chi connectivity index (χ4n) is 6.45. The Morgan fingerprint density at radius 1 is 1.09 bits per heavy atom. The summed E-state index contributed by atoms with van der Waals surface area (Å²) in [5, 5.41) is 23.5. The molecular formula is C30H33NO4. The zero-order valence-electron chi connectivity index (χ0n) is 20.6. The quantitative estimate of drug-likeness (QED) is 0.531. The van der Waals surface area contributed by atoms with E-state index in [2.05, 4.69) is 11.9 Å². The minimum Gasteiger partial charge on any atom is -0.489 e. The Kier molecular flexibility index (Phi) is 5.81. The summed E-state index contributed by atoms with van der Waals surface area (Å²) in [4.78, 5) is 17.7. The average Bonchev–Trinajstić information content (AvgIpc) is 2.85. The summed E-state index contributed by atoms with van der Waals surface area (Å²) in [6.07, 6.45) is 3.59. The monoisotopic (exact) mass is 471 g/mol. The Bertz CT molecular complexity index is 1250. The number of hydrogen-bond donors (Lipinski definition) is 2. The van der Waals surface area contributed by atoms with Crippen LogP contribution in [0.4, 0.5) is 0 Å². The second kappa shape index (κ2) is 8.58. The maximum Gasteiger partial charge on any atom is 0.163 e. The van der Waals surface area contributed by atoms with E-state index in [0.29, 0.717) is 42.7 Å². The third-order valence-electron chi connectivity index (χ3n) is 8.53. The number of aliphatic hydroxyl groups is 2. The lowest BCUT2D eigenvalue weighted by Gasteiger charge is -2.58. The Morgan fingerprint density at radius 3 is 2.57 bits per heavy atom. The summed E-state index contributed by atoms with van der Waals surface area (Å²) < 4.78 is 6.04. The Balaban J connectivity index is 1.50. The highest BCUT2D eigenvalue weighted by Crippen LogP contribution is 2.60. The first-order valence-corrected chi connectivity index (χ1v) is 12.4. The molecule has 0 bridgehead atoms. The zero-order chi connectivity index (χ0) is 24.8. The van der Waals surface area contributed by atoms with Gasteiger partial charge in [-0.1, -0.05) is 49.4 Å². The van der Waals surface area contributed by atoms with Crippen molar-refractivity contribution in [2.45, 2.75) is 69.7 Å². The molecule has 2 N–H and O–H groups in total. The number of ketones is 1. The third-order valence-corrected chi connectivity index (χ3v) is 8.53. The number of aromatic nitrogens is 1. The Labute approximate surface area is 206 Å². The van der Waals surface area contributed by atoms with Crippen LogP contribution < -0.4 is 4.74 Å². The average molecular weight is 472 g/mol. The van der Waals surface area contributed by atoms with Crippen molar-refractivity contribution in [3.05, 3.63) is 94.8 Å². The van der Waals surface area contributed by atoms with Crippen molar-refractivity contribution in [2.75, 3.05) is 0 Å². The predicted octanol–water partition coefficient (Wildman–Crippen LogP) is 5.25. The summed E-state index contributed by atoms with van der Waals surface area (Å²) in [5.41, 5.74) is 1.08. The molecule has 182 valence electrons. The van der Waals surface area contributed by atoms with Crippen LogP contribution in [0.5, 0.6) is 5.75 Å². The lowest BCUT2D eigenvalue weighted by molar-refractivity contribution is -0.203. The predicted molar refractivity (Wildman–Crippen MR) is 134 cm³/mol. The van der Waals surface area contributed by atoms with Crippen LogP contribution in [0.3, 0.4) is 0 Å². The fraction of sp³-hybridized carbons (Fsp3) is 0.400. The minimum atomic E-state index is -1.42. The molecule has 4 atom stereocenters. The molecule has 0 radical (unpaired) electrons. The van der Waals surface area contributed by atoms with E-state index in [0.717, 1.165) is 23.2 Å². The SMILES string of the molecule is CCC12CC(C)(O)C(O)(c3ccccc3)C[C@@H]1CC(=O)c1cc(OCc3cccnc3C)ccc12. The van der Waals surface area contributed by atoms with E-state index in [1.165, 1.54) is 0 Å². The molecular weight excluding hydrogens is 438 g/mol. The molecule has 1 aromatic heterocycles. The molecule has 2 aromatic carbocycles. The van der Waals surface area contributed by atoms with Gasteiger partial charge in [0.05, 0.1) is 5.60 Å². The highest BCUT2D eigenvalue weighted by Gasteiger charge is 2.61. The van der Waals surface area contributed by atoms with E-state index >= 15 is 0 Å². The normalized spacial score (nSPS) is 29.9. The number of Topliss-reactive ketones (excluding diaryl/α,β-unsaturated/α-hetero) is 1. The topological polar surface area (TPSA) is 79.7 Å². The summed E-state index contributed by atoms with van der Waals surface area (Å²) >= 11 is 0. The highest BCUT2D eigenvalue weighted by atomic mass is 16.5. The number of carbonyl (C=O) groups excluding carboxylic acids is 1. The van der Waals surface area contributed by atoms with Crippen molar-refractivity contribution in [1.29, 1.82) is 0 Å². The van der Waals surface area contributed by atoms with E-state index in [9.17, 15) is 15.0 Å². The van der Waals surface area contributed by atoms with Crippen LogP contribution in [0.15, 0.2) is 66.9 Å². The number of hydrogen-bond acceptors (Lipinski definition) is 5. The number of aryl methyl sites for hydroxylation is 1. The summed E-state index contributed by atoms with van der Waals surface area (Å²) in [6.45, 7) is 6.18. The number of benzene rings is 2. The van der Waals surface area contributed by atoms with Gasteiger partial charge in [-0.25, -0.2) is 0 Å². The van der Waals surface area contributed by atoms with Gasteiger partial charge in [0.15, 0.2) is 5.78 Å². The third kappa shape index (κ3) is 3.78. The maximum absolute atomic E-state index is 13.4. The van der Waals surface area contributed by atoms with Gasteiger partial charge in [-0.3, -0.25) is 9.78 Å². The van der Waals surface area contributed by atoms with E-state index in [1.807, 2.05) is 67.6 Å². The zero-order valence-corrected chi connectivity index (χ0v) is 20.6. The molecule has 0 aliphatic heterocycles. The molecule has 1 heterocycles. The van der Waals surface area contributed by atoms with Crippen molar-refractivity contribution < 1.29 is 19.7 Å². The lowest BCUT2D eigenvalue weighted by atomic mass is 9.48. The van der Waals surface area contributed by atoms with Crippen molar-refractivity contribution in [2.24, 2.45) is 5.92 Å². The molecule has 3 unspecified atom stereocenters. The van der Waals surface area contributed by atoms with Crippen molar-refractivity contribution >= 4 is 5.78 Å². The number of nitrogens with zero attached hydrogens (tertiary/aromatic N) is 1. The smallest absolute Gasteiger partial charge is 0.163 e. The van der Waals surface area contributed by atoms with Gasteiger partial charge in [-0.15, -0.1) is 0 Å². The molecule has 3 aromatic rings. The molecule has 5 rings (SSSR count). The van der Waals surface area contributed by atoms with Crippen molar-refractivity contribution in [3.8, 4) is 5.75 Å². The van der Waals surface area contributed by atoms with E-state index in [4.69, 9.17) is 4.74 Å². The van der Waals surface area contributed by atoms with Gasteiger partial charge in [0, 0.05) is 34.9 Å². The van der Waals surface area contributed by atoms with Gasteiger partial charge in [0.25, 0.3) is 0 Å². The molecule has 5 nitrogen and oxygen atoms in total. The van der Waals surface area contributed by atoms with Gasteiger partial charge in [0.2, 0.25) is 0 Å². The first kappa shape index (κ1) is 23.7. The molecule has 0 spiro atoms. The van der Waals surface area contributed by atoms with Gasteiger partial charge in [-0.2, -0.15) is 0 Å². The number of rotatable bonds is 5. The minimum absolute atomic E-state index is 0.0639. The Morgan fingerprint density at radius 2 is 1.86 bits per heavy atom. The molecule has 2 aliphatic carbocycles. The van der Waals surface area contributed by atoms with Gasteiger partial charge >= 0.3 is 0 Å². The molecule has 0 saturated heterocycles. The van der Waals surface area contributed by atoms with Crippen LogP contribution >= 0.6 is 0 Å². The standard InChI is InChI=1S/C30H33NO4/c1-4-29-19-28(3,33)30(34,22-10-6-5-7-11-22)17-23(29)15-27(32)25-16-24(12-13-26(25)29)35-18-21-9-8-14-31-20(21)2/h5-14,16,23,33-34H,4,15,17-19H2,1-3H3/t23-,28?,29?,30?/m0/s1. The number of fused-ring (bicyclic) bond motifs is 3. The number of pyridine rings is 1. The van der Waals surface area contributed by atoms with E-state index < -0.39 is 16.6 Å². The first-order chi connectivity index (χ1) is 16.7. The lowest BCUT2D eigenvalue weighted by Crippen LogP contribution is -2.62. The van der Waals surface area contributed by atoms with E-state index in [-0.39, 0.29) is 11.7 Å². The molecule has 35 heavy (non-hydrogen) atoms. The largest absolute Gasteiger partial charge is 0.489 e. The van der Waals surface area contributed by atoms with Crippen molar-refractivity contribution in [1.82, 2.24) is 4.98 Å². The molecule has 2 aliphatic rings. The van der Waals surface area contributed by atoms with Crippen molar-refractivity contribution in [3.63, 3.8) is 0 Å². The number of carbonyl (C=O) groups is 1. The van der Waals surface area contributed by atoms with Crippen LogP contribution in [-0.2, 0) is 17.6 Å². The molecule has 1 saturated carbocycles. The second-order valence-corrected chi connectivity index (χ2v) is 10.5. The summed E-state index contributed by atoms with van der Waals surface area (Å²) in [5.74, 6) is 0.644. The second-order valence-electron chi connectivity index (χ2n) is 10.5. The van der Waals surface area contributed by atoms with Crippen LogP contribution in [0.2, 0.25) is 0 Å². The fourth-order valence-corrected chi connectivity index (χ4v) is 6.45. The van der Waals surface area contributed by atoms with Gasteiger partial charge in [-0.05, 0) is 68.4 Å². The van der Waals surface area contributed by atoms with Crippen LogP contribution in [-0.4, -0.2) is 26.6 Å². The van der Waals surface area contributed by atoms with Crippen LogP contribution in [0.25, 0.3) is 0 Å².